The summed E-state index contributed by atoms with van der Waals surface area (Å²) < 4.78 is 48.0. The molecule has 0 bridgehead atoms. The molecule has 0 aromatic carbocycles. The minimum atomic E-state index is -5.05. The van der Waals surface area contributed by atoms with Crippen molar-refractivity contribution in [2.45, 2.75) is 34.3 Å². The van der Waals surface area contributed by atoms with Crippen molar-refractivity contribution in [3.8, 4) is 0 Å². The highest BCUT2D eigenvalue weighted by atomic mass is 32.2. The van der Waals surface area contributed by atoms with E-state index in [9.17, 15) is 36.9 Å². The Morgan fingerprint density at radius 3 is 2.77 bits per heavy atom. The lowest BCUT2D eigenvalue weighted by molar-refractivity contribution is -0.150. The number of halogens is 3. The normalized spacial score (nSPS) is 23.5. The van der Waals surface area contributed by atoms with E-state index in [1.165, 1.54) is 0 Å². The minimum absolute atomic E-state index is 0.197. The molecule has 1 aromatic heterocycles. The van der Waals surface area contributed by atoms with Gasteiger partial charge in [0.15, 0.2) is 0 Å². The maximum Gasteiger partial charge on any atom is 0.471 e. The minimum Gasteiger partial charge on any atom is -0.477 e. The largest absolute Gasteiger partial charge is 0.477 e. The molecule has 2 aliphatic rings. The fraction of sp³-hybridized carbons (Fsp3) is 0.538. The molecule has 11 nitrogen and oxygen atoms in total. The van der Waals surface area contributed by atoms with Crippen LogP contribution in [0.25, 0.3) is 0 Å². The fourth-order valence-corrected chi connectivity index (χ4v) is 5.70. The number of aliphatic carboxylic acids is 1. The number of hydrogen-bond acceptors (Lipinski definition) is 9. The Morgan fingerprint density at radius 2 is 2.20 bits per heavy atom. The van der Waals surface area contributed by atoms with Gasteiger partial charge in [-0.25, -0.2) is 9.00 Å². The molecule has 2 amide bonds. The number of β-lactam (4-membered cyclic amide) rings is 1. The number of thioether (sulfide) groups is 2. The van der Waals surface area contributed by atoms with Gasteiger partial charge in [-0.3, -0.25) is 14.5 Å². The Balaban J connectivity index is 1.72. The van der Waals surface area contributed by atoms with Crippen molar-refractivity contribution in [3.05, 3.63) is 11.3 Å². The number of carbonyl (C=O) groups is 3. The third-order valence-electron chi connectivity index (χ3n) is 4.14. The van der Waals surface area contributed by atoms with Gasteiger partial charge in [0.1, 0.15) is 33.7 Å². The van der Waals surface area contributed by atoms with Crippen molar-refractivity contribution < 1.29 is 36.9 Å². The van der Waals surface area contributed by atoms with Gasteiger partial charge in [-0.05, 0) is 17.7 Å². The van der Waals surface area contributed by atoms with Crippen LogP contribution in [0.3, 0.4) is 0 Å². The van der Waals surface area contributed by atoms with Crippen LogP contribution < -0.4 is 5.32 Å². The van der Waals surface area contributed by atoms with Crippen molar-refractivity contribution in [2.24, 2.45) is 0 Å². The summed E-state index contributed by atoms with van der Waals surface area (Å²) in [5.74, 6) is -4.48. The molecule has 3 rings (SSSR count). The molecule has 1 fully saturated rings. The number of fused-ring (bicyclic) bond motifs is 1. The first-order chi connectivity index (χ1) is 14.0. The molecule has 30 heavy (non-hydrogen) atoms. The number of aromatic amines is 1. The number of amides is 2. The summed E-state index contributed by atoms with van der Waals surface area (Å²) in [4.78, 5) is 37.0. The highest BCUT2D eigenvalue weighted by Gasteiger charge is 2.54. The molecular weight excluding hydrogens is 473 g/mol. The first-order valence-corrected chi connectivity index (χ1v) is 11.3. The van der Waals surface area contributed by atoms with Crippen molar-refractivity contribution in [1.82, 2.24) is 30.8 Å². The van der Waals surface area contributed by atoms with E-state index >= 15 is 0 Å². The number of nitrogens with one attached hydrogen (secondary N) is 2. The summed E-state index contributed by atoms with van der Waals surface area (Å²) >= 11 is 2.28. The van der Waals surface area contributed by atoms with Gasteiger partial charge in [-0.15, -0.1) is 22.0 Å². The van der Waals surface area contributed by atoms with E-state index in [0.29, 0.717) is 5.57 Å². The van der Waals surface area contributed by atoms with Crippen LogP contribution in [-0.2, 0) is 25.2 Å². The predicted octanol–water partition coefficient (Wildman–Crippen LogP) is -0.313. The summed E-state index contributed by atoms with van der Waals surface area (Å²) in [6.45, 7) is 1.70. The second kappa shape index (κ2) is 8.54. The van der Waals surface area contributed by atoms with Crippen LogP contribution in [0.1, 0.15) is 6.92 Å². The number of aromatic nitrogens is 4. The van der Waals surface area contributed by atoms with Gasteiger partial charge < -0.3 is 10.4 Å². The highest BCUT2D eigenvalue weighted by molar-refractivity contribution is 8.01. The van der Waals surface area contributed by atoms with Gasteiger partial charge in [-0.1, -0.05) is 11.8 Å². The monoisotopic (exact) mass is 486 g/mol. The molecular formula is C13H13F3N6O5S3. The molecule has 0 saturated carbocycles. The molecule has 3 unspecified atom stereocenters. The summed E-state index contributed by atoms with van der Waals surface area (Å²) in [6.07, 6.45) is 0. The van der Waals surface area contributed by atoms with Crippen LogP contribution in [0.2, 0.25) is 0 Å². The SMILES string of the molecule is CC(Sc1nn[nH]n1)C1=C(C(=O)O)N2C(=O)C(NC(=O)CS(=O)C(F)(F)F)[C@H]2SC1. The Kier molecular flexibility index (Phi) is 6.42. The topological polar surface area (TPSA) is 158 Å². The second-order valence-corrected chi connectivity index (χ2v) is 9.88. The van der Waals surface area contributed by atoms with E-state index in [1.54, 1.807) is 6.92 Å². The van der Waals surface area contributed by atoms with Crippen LogP contribution in [-0.4, -0.2) is 86.3 Å². The third kappa shape index (κ3) is 4.46. The summed E-state index contributed by atoms with van der Waals surface area (Å²) in [5, 5.41) is 24.0. The van der Waals surface area contributed by atoms with Crippen LogP contribution in [0, 0.1) is 0 Å². The quantitative estimate of drug-likeness (QED) is 0.345. The number of carboxylic acids is 1. The molecule has 3 heterocycles. The molecule has 17 heteroatoms. The lowest BCUT2D eigenvalue weighted by atomic mass is 10.0. The van der Waals surface area contributed by atoms with E-state index in [1.807, 2.05) is 0 Å². The molecule has 1 saturated heterocycles. The van der Waals surface area contributed by atoms with Gasteiger partial charge in [0.2, 0.25) is 11.1 Å². The third-order valence-corrected chi connectivity index (χ3v) is 7.50. The predicted molar refractivity (Wildman–Crippen MR) is 98.2 cm³/mol. The highest BCUT2D eigenvalue weighted by Crippen LogP contribution is 2.43. The van der Waals surface area contributed by atoms with E-state index in [-0.39, 0.29) is 16.6 Å². The number of nitrogens with zero attached hydrogens (tertiary/aromatic N) is 4. The van der Waals surface area contributed by atoms with Gasteiger partial charge in [0.05, 0.1) is 0 Å². The van der Waals surface area contributed by atoms with E-state index < -0.39 is 56.5 Å². The molecule has 4 atom stereocenters. The van der Waals surface area contributed by atoms with Crippen LogP contribution >= 0.6 is 23.5 Å². The zero-order valence-corrected chi connectivity index (χ0v) is 17.3. The fourth-order valence-electron chi connectivity index (χ4n) is 2.80. The number of tetrazole rings is 1. The number of carboxylic acid groups (broad SMARTS) is 1. The van der Waals surface area contributed by atoms with Crippen LogP contribution in [0.15, 0.2) is 16.4 Å². The summed E-state index contributed by atoms with van der Waals surface area (Å²) in [7, 11) is -3.39. The zero-order valence-electron chi connectivity index (χ0n) is 14.9. The number of carbonyl (C=O) groups excluding carboxylic acids is 2. The van der Waals surface area contributed by atoms with Gasteiger partial charge in [0, 0.05) is 11.0 Å². The van der Waals surface area contributed by atoms with Crippen molar-refractivity contribution in [2.75, 3.05) is 11.5 Å². The molecule has 164 valence electrons. The lowest BCUT2D eigenvalue weighted by Crippen LogP contribution is -2.71. The zero-order chi connectivity index (χ0) is 22.2. The number of rotatable bonds is 7. The van der Waals surface area contributed by atoms with Crippen LogP contribution in [0.4, 0.5) is 13.2 Å². The first kappa shape index (κ1) is 22.5. The maximum atomic E-state index is 12.5. The lowest BCUT2D eigenvalue weighted by Gasteiger charge is -2.50. The molecule has 0 aliphatic carbocycles. The number of alkyl halides is 3. The van der Waals surface area contributed by atoms with E-state index in [4.69, 9.17) is 0 Å². The first-order valence-electron chi connectivity index (χ1n) is 8.06. The van der Waals surface area contributed by atoms with E-state index in [2.05, 4.69) is 25.9 Å². The molecule has 2 aliphatic heterocycles. The smallest absolute Gasteiger partial charge is 0.471 e. The molecule has 0 spiro atoms. The second-order valence-electron chi connectivity index (χ2n) is 6.02. The standard InChI is InChI=1S/C13H13F3N6O5S3/c1-4(29-12-18-20-21-19-12)5-2-28-10-7(9(24)22(10)8(5)11(25)26)17-6(23)3-30(27)13(14,15)16/h4,7,10H,2-3H2,1H3,(H,17,23)(H,25,26)(H,18,19,20,21)/t4?,7?,10-,30?/m1/s1. The Morgan fingerprint density at radius 1 is 1.50 bits per heavy atom. The average Bonchev–Trinajstić information content (AvgIpc) is 3.16. The summed E-state index contributed by atoms with van der Waals surface area (Å²) in [5.41, 5.74) is -4.88. The number of H-pyrrole nitrogens is 1. The van der Waals surface area contributed by atoms with Crippen LogP contribution in [0.5, 0.6) is 0 Å². The van der Waals surface area contributed by atoms with Crippen molar-refractivity contribution >= 4 is 52.1 Å². The Labute approximate surface area is 177 Å². The molecule has 3 N–H and O–H groups in total. The van der Waals surface area contributed by atoms with E-state index in [0.717, 1.165) is 28.4 Å². The number of hydrogen-bond donors (Lipinski definition) is 3. The van der Waals surface area contributed by atoms with Crippen molar-refractivity contribution in [3.63, 3.8) is 0 Å². The molecule has 0 radical (unpaired) electrons. The van der Waals surface area contributed by atoms with Gasteiger partial charge in [-0.2, -0.15) is 18.4 Å². The van der Waals surface area contributed by atoms with Crippen molar-refractivity contribution in [1.29, 1.82) is 0 Å². The maximum absolute atomic E-state index is 12.5. The van der Waals surface area contributed by atoms with Gasteiger partial charge >= 0.3 is 11.5 Å². The Hall–Kier alpha value is -2.14. The molecule has 1 aromatic rings. The average molecular weight is 486 g/mol. The van der Waals surface area contributed by atoms with Gasteiger partial charge in [0.25, 0.3) is 5.91 Å². The Bertz CT molecular complexity index is 924. The summed E-state index contributed by atoms with van der Waals surface area (Å²) in [6, 6.07) is -1.20.